The summed E-state index contributed by atoms with van der Waals surface area (Å²) in [4.78, 5) is 45.6. The molecule has 0 saturated carbocycles. The second-order valence-electron chi connectivity index (χ2n) is 5.40. The molecule has 0 aromatic carbocycles. The van der Waals surface area contributed by atoms with Crippen molar-refractivity contribution in [2.45, 2.75) is 36.7 Å². The number of carbonyl (C=O) groups excluding carboxylic acids is 2. The first-order chi connectivity index (χ1) is 11.2. The van der Waals surface area contributed by atoms with Crippen molar-refractivity contribution in [3.8, 4) is 0 Å². The monoisotopic (exact) mass is 366 g/mol. The maximum absolute atomic E-state index is 11.7. The van der Waals surface area contributed by atoms with Crippen molar-refractivity contribution >= 4 is 26.1 Å². The lowest BCUT2D eigenvalue weighted by Crippen LogP contribution is -2.65. The maximum Gasteiger partial charge on any atom is 0.469 e. The first-order valence-electron chi connectivity index (χ1n) is 6.81. The number of hydrogen-bond acceptors (Lipinski definition) is 9. The molecular formula is C10H15N4O9P. The van der Waals surface area contributed by atoms with E-state index in [0.29, 0.717) is 0 Å². The van der Waals surface area contributed by atoms with Gasteiger partial charge in [-0.05, 0) is 0 Å². The van der Waals surface area contributed by atoms with Gasteiger partial charge in [0, 0.05) is 0 Å². The van der Waals surface area contributed by atoms with Gasteiger partial charge in [0.05, 0.1) is 12.9 Å². The van der Waals surface area contributed by atoms with E-state index >= 15 is 0 Å². The molecule has 6 N–H and O–H groups in total. The molecule has 3 heterocycles. The van der Waals surface area contributed by atoms with E-state index in [1.165, 1.54) is 11.2 Å². The third-order valence-corrected chi connectivity index (χ3v) is 4.29. The van der Waals surface area contributed by atoms with Crippen LogP contribution >= 0.6 is 7.82 Å². The van der Waals surface area contributed by atoms with E-state index in [4.69, 9.17) is 14.5 Å². The number of aliphatic imine (C=N–C) groups is 1. The Morgan fingerprint density at radius 3 is 2.71 bits per heavy atom. The molecule has 6 atom stereocenters. The summed E-state index contributed by atoms with van der Waals surface area (Å²) in [5, 5.41) is 24.5. The number of rotatable bonds is 4. The average molecular weight is 366 g/mol. The lowest BCUT2D eigenvalue weighted by Gasteiger charge is -2.35. The molecule has 3 aliphatic heterocycles. The third kappa shape index (κ3) is 3.15. The van der Waals surface area contributed by atoms with Crippen molar-refractivity contribution in [2.75, 3.05) is 6.61 Å². The molecule has 2 fully saturated rings. The first-order valence-corrected chi connectivity index (χ1v) is 8.34. The van der Waals surface area contributed by atoms with Crippen LogP contribution in [0.1, 0.15) is 0 Å². The maximum atomic E-state index is 11.7. The summed E-state index contributed by atoms with van der Waals surface area (Å²) >= 11 is 0. The van der Waals surface area contributed by atoms with Gasteiger partial charge in [-0.3, -0.25) is 19.6 Å². The number of nitrogens with zero attached hydrogens (tertiary/aromatic N) is 2. The molecule has 0 bridgehead atoms. The lowest BCUT2D eigenvalue weighted by molar-refractivity contribution is -0.125. The van der Waals surface area contributed by atoms with E-state index in [1.807, 2.05) is 5.32 Å². The Hall–Kier alpha value is -1.60. The number of imide groups is 1. The Morgan fingerprint density at radius 1 is 1.33 bits per heavy atom. The summed E-state index contributed by atoms with van der Waals surface area (Å²) in [7, 11) is -4.77. The predicted octanol–water partition coefficient (Wildman–Crippen LogP) is -3.58. The van der Waals surface area contributed by atoms with Gasteiger partial charge in [0.2, 0.25) is 0 Å². The van der Waals surface area contributed by atoms with Crippen LogP contribution in [0.4, 0.5) is 4.79 Å². The number of aliphatic hydroxyl groups is 2. The molecule has 134 valence electrons. The number of nitrogens with one attached hydrogen (secondary N) is 2. The van der Waals surface area contributed by atoms with Crippen molar-refractivity contribution in [1.82, 2.24) is 15.5 Å². The molecule has 3 rings (SSSR count). The Balaban J connectivity index is 1.71. The molecule has 3 amide bonds. The van der Waals surface area contributed by atoms with Crippen molar-refractivity contribution in [3.05, 3.63) is 0 Å². The summed E-state index contributed by atoms with van der Waals surface area (Å²) in [6.45, 7) is -0.662. The van der Waals surface area contributed by atoms with Crippen LogP contribution in [0.3, 0.4) is 0 Å². The van der Waals surface area contributed by atoms with Gasteiger partial charge in [-0.1, -0.05) is 0 Å². The number of urea groups is 1. The highest BCUT2D eigenvalue weighted by Crippen LogP contribution is 2.37. The van der Waals surface area contributed by atoms with Crippen LogP contribution in [0.2, 0.25) is 0 Å². The van der Waals surface area contributed by atoms with E-state index in [-0.39, 0.29) is 0 Å². The number of carbonyl (C=O) groups is 2. The van der Waals surface area contributed by atoms with Crippen molar-refractivity contribution in [3.63, 3.8) is 0 Å². The normalized spacial score (nSPS) is 38.9. The number of ether oxygens (including phenoxy) is 1. The van der Waals surface area contributed by atoms with Crippen molar-refractivity contribution < 1.29 is 43.4 Å². The van der Waals surface area contributed by atoms with E-state index in [0.717, 1.165) is 0 Å². The number of phosphoric acid groups is 1. The zero-order valence-electron chi connectivity index (χ0n) is 11.9. The van der Waals surface area contributed by atoms with E-state index in [9.17, 15) is 24.4 Å². The molecule has 0 spiro atoms. The van der Waals surface area contributed by atoms with Crippen LogP contribution < -0.4 is 10.6 Å². The van der Waals surface area contributed by atoms with Gasteiger partial charge in [0.1, 0.15) is 24.5 Å². The molecule has 0 aromatic rings. The fourth-order valence-electron chi connectivity index (χ4n) is 2.69. The standard InChI is InChI=1S/C10H15N4O9P/c15-5-3(1-22-24(19,20)21)23-9(6(5)16)14-2-11-4-7(14)12-10(18)13-8(4)17/h2-7,9,15-16H,1H2,(H2,19,20,21)(H2,12,13,17,18)/t3-,4?,5-,6-,7?,9-/m1/s1. The largest absolute Gasteiger partial charge is 0.469 e. The number of fused-ring (bicyclic) bond motifs is 1. The molecule has 0 aliphatic carbocycles. The van der Waals surface area contributed by atoms with Crippen LogP contribution in [0.15, 0.2) is 4.99 Å². The van der Waals surface area contributed by atoms with Crippen LogP contribution in [0.5, 0.6) is 0 Å². The molecule has 13 nitrogen and oxygen atoms in total. The zero-order chi connectivity index (χ0) is 17.6. The molecule has 2 saturated heterocycles. The van der Waals surface area contributed by atoms with Crippen LogP contribution in [-0.2, 0) is 18.6 Å². The highest BCUT2D eigenvalue weighted by atomic mass is 31.2. The molecule has 14 heteroatoms. The number of hydrogen-bond donors (Lipinski definition) is 6. The van der Waals surface area contributed by atoms with Crippen LogP contribution in [-0.4, -0.2) is 86.5 Å². The summed E-state index contributed by atoms with van der Waals surface area (Å²) in [6, 6.07) is -1.69. The first kappa shape index (κ1) is 17.2. The lowest BCUT2D eigenvalue weighted by atomic mass is 10.1. The minimum absolute atomic E-state index is 0.628. The zero-order valence-corrected chi connectivity index (χ0v) is 12.8. The smallest absolute Gasteiger partial charge is 0.387 e. The van der Waals surface area contributed by atoms with Gasteiger partial charge < -0.3 is 35.0 Å². The van der Waals surface area contributed by atoms with Gasteiger partial charge in [0.25, 0.3) is 5.91 Å². The molecular weight excluding hydrogens is 351 g/mol. The summed E-state index contributed by atoms with van der Waals surface area (Å²) in [5.41, 5.74) is 0. The Morgan fingerprint density at radius 2 is 2.04 bits per heavy atom. The summed E-state index contributed by atoms with van der Waals surface area (Å²) < 4.78 is 20.4. The predicted molar refractivity (Wildman–Crippen MR) is 73.3 cm³/mol. The van der Waals surface area contributed by atoms with Gasteiger partial charge in [-0.2, -0.15) is 0 Å². The Kier molecular flexibility index (Phi) is 4.34. The molecule has 2 unspecified atom stereocenters. The average Bonchev–Trinajstić information content (AvgIpc) is 3.00. The molecule has 0 radical (unpaired) electrons. The fraction of sp³-hybridized carbons (Fsp3) is 0.700. The van der Waals surface area contributed by atoms with Crippen LogP contribution in [0, 0.1) is 0 Å². The minimum Gasteiger partial charge on any atom is -0.387 e. The number of phosphoric ester groups is 1. The third-order valence-electron chi connectivity index (χ3n) is 3.80. The van der Waals surface area contributed by atoms with Gasteiger partial charge in [-0.25, -0.2) is 9.36 Å². The van der Waals surface area contributed by atoms with Gasteiger partial charge in [-0.15, -0.1) is 0 Å². The number of aliphatic hydroxyl groups excluding tert-OH is 2. The minimum atomic E-state index is -4.77. The van der Waals surface area contributed by atoms with Gasteiger partial charge in [0.15, 0.2) is 12.3 Å². The SMILES string of the molecule is O=C1NC(=O)C2N=CN([C@@H]3O[C@H](COP(=O)(O)O)[C@@H](O)[C@H]3O)C2N1. The highest BCUT2D eigenvalue weighted by Gasteiger charge is 2.52. The van der Waals surface area contributed by atoms with Crippen molar-refractivity contribution in [2.24, 2.45) is 4.99 Å². The van der Waals surface area contributed by atoms with Crippen molar-refractivity contribution in [1.29, 1.82) is 0 Å². The molecule has 3 aliphatic rings. The quantitative estimate of drug-likeness (QED) is 0.271. The summed E-state index contributed by atoms with van der Waals surface area (Å²) in [6.07, 6.45) is -5.13. The summed E-state index contributed by atoms with van der Waals surface area (Å²) in [5.74, 6) is -0.628. The van der Waals surface area contributed by atoms with E-state index in [1.54, 1.807) is 0 Å². The Bertz CT molecular complexity index is 623. The second-order valence-corrected chi connectivity index (χ2v) is 6.64. The highest BCUT2D eigenvalue weighted by molar-refractivity contribution is 7.46. The molecule has 0 aromatic heterocycles. The number of amides is 3. The second kappa shape index (κ2) is 6.04. The molecule has 24 heavy (non-hydrogen) atoms. The van der Waals surface area contributed by atoms with E-state index < -0.39 is 63.1 Å². The topological polar surface area (TPSA) is 190 Å². The van der Waals surface area contributed by atoms with E-state index in [2.05, 4.69) is 14.8 Å². The fourth-order valence-corrected chi connectivity index (χ4v) is 3.03. The Labute approximate surface area is 134 Å². The van der Waals surface area contributed by atoms with Crippen LogP contribution in [0.25, 0.3) is 0 Å². The van der Waals surface area contributed by atoms with Gasteiger partial charge >= 0.3 is 13.9 Å².